The van der Waals surface area contributed by atoms with Crippen LogP contribution in [0.4, 0.5) is 4.39 Å². The lowest BCUT2D eigenvalue weighted by molar-refractivity contribution is -0.137. The van der Waals surface area contributed by atoms with Crippen molar-refractivity contribution < 1.29 is 13.9 Å². The molecule has 4 heteroatoms. The fourth-order valence-corrected chi connectivity index (χ4v) is 2.39. The molecule has 23 heavy (non-hydrogen) atoms. The van der Waals surface area contributed by atoms with E-state index in [1.807, 2.05) is 24.3 Å². The lowest BCUT2D eigenvalue weighted by Crippen LogP contribution is -2.02. The Morgan fingerprint density at radius 1 is 1.17 bits per heavy atom. The first-order valence-electron chi connectivity index (χ1n) is 7.47. The summed E-state index contributed by atoms with van der Waals surface area (Å²) in [5.74, 6) is -0.805. The zero-order valence-electron chi connectivity index (χ0n) is 12.9. The molecule has 0 aliphatic rings. The smallest absolute Gasteiger partial charge is 0.331 e. The number of aryl methyl sites for hydroxylation is 1. The van der Waals surface area contributed by atoms with E-state index in [4.69, 9.17) is 16.3 Å². The molecule has 2 aromatic carbocycles. The van der Waals surface area contributed by atoms with Gasteiger partial charge in [0.2, 0.25) is 0 Å². The molecule has 0 aromatic heterocycles. The Hall–Kier alpha value is -2.13. The van der Waals surface area contributed by atoms with Crippen LogP contribution in [0.1, 0.15) is 24.5 Å². The van der Waals surface area contributed by atoms with Crippen molar-refractivity contribution in [2.75, 3.05) is 6.61 Å². The summed E-state index contributed by atoms with van der Waals surface area (Å²) in [4.78, 5) is 11.8. The molecule has 0 spiro atoms. The monoisotopic (exact) mass is 332 g/mol. The maximum Gasteiger partial charge on any atom is 0.331 e. The highest BCUT2D eigenvalue weighted by molar-refractivity contribution is 6.30. The number of carbonyl (C=O) groups excluding carboxylic acids is 1. The first-order chi connectivity index (χ1) is 11.1. The van der Waals surface area contributed by atoms with Gasteiger partial charge in [0.25, 0.3) is 0 Å². The minimum atomic E-state index is -0.457. The van der Waals surface area contributed by atoms with Crippen LogP contribution in [-0.4, -0.2) is 12.6 Å². The predicted molar refractivity (Wildman–Crippen MR) is 90.8 cm³/mol. The fourth-order valence-electron chi connectivity index (χ4n) is 2.26. The van der Waals surface area contributed by atoms with Gasteiger partial charge in [0, 0.05) is 16.7 Å². The summed E-state index contributed by atoms with van der Waals surface area (Å²) in [5, 5.41) is 0.671. The van der Waals surface area contributed by atoms with Gasteiger partial charge in [0.15, 0.2) is 0 Å². The molecule has 0 saturated carbocycles. The van der Waals surface area contributed by atoms with E-state index in [0.29, 0.717) is 29.0 Å². The Morgan fingerprint density at radius 3 is 2.52 bits per heavy atom. The van der Waals surface area contributed by atoms with Gasteiger partial charge >= 0.3 is 5.97 Å². The highest BCUT2D eigenvalue weighted by Gasteiger charge is 2.10. The number of ether oxygens (including phenoxy) is 1. The number of halogens is 2. The van der Waals surface area contributed by atoms with Crippen molar-refractivity contribution in [1.82, 2.24) is 0 Å². The van der Waals surface area contributed by atoms with E-state index < -0.39 is 5.97 Å². The van der Waals surface area contributed by atoms with E-state index in [0.717, 1.165) is 5.56 Å². The minimum Gasteiger partial charge on any atom is -0.463 e. The van der Waals surface area contributed by atoms with Gasteiger partial charge in [-0.15, -0.1) is 0 Å². The van der Waals surface area contributed by atoms with Crippen LogP contribution >= 0.6 is 11.6 Å². The Morgan fingerprint density at radius 2 is 1.87 bits per heavy atom. The summed E-state index contributed by atoms with van der Waals surface area (Å²) < 4.78 is 19.0. The quantitative estimate of drug-likeness (QED) is 0.546. The first kappa shape index (κ1) is 17.2. The molecule has 0 unspecified atom stereocenters. The van der Waals surface area contributed by atoms with E-state index in [9.17, 15) is 9.18 Å². The van der Waals surface area contributed by atoms with Crippen molar-refractivity contribution in [2.45, 2.75) is 19.8 Å². The van der Waals surface area contributed by atoms with Gasteiger partial charge in [-0.25, -0.2) is 9.18 Å². The molecule has 0 bridgehead atoms. The van der Waals surface area contributed by atoms with Crippen LogP contribution in [0.2, 0.25) is 5.02 Å². The van der Waals surface area contributed by atoms with Gasteiger partial charge in [-0.05, 0) is 49.1 Å². The second-order valence-corrected chi connectivity index (χ2v) is 5.46. The van der Waals surface area contributed by atoms with Crippen LogP contribution < -0.4 is 0 Å². The molecule has 0 radical (unpaired) electrons. The summed E-state index contributed by atoms with van der Waals surface area (Å²) >= 11 is 5.87. The average molecular weight is 333 g/mol. The van der Waals surface area contributed by atoms with Crippen LogP contribution in [0.15, 0.2) is 54.6 Å². The second kappa shape index (κ2) is 8.49. The lowest BCUT2D eigenvalue weighted by atomic mass is 9.97. The molecule has 0 fully saturated rings. The maximum atomic E-state index is 14.0. The predicted octanol–water partition coefficient (Wildman–Crippen LogP) is 5.06. The Kier molecular flexibility index (Phi) is 6.36. The largest absolute Gasteiger partial charge is 0.463 e. The minimum absolute atomic E-state index is 0.289. The van der Waals surface area contributed by atoms with Crippen molar-refractivity contribution in [3.8, 4) is 0 Å². The molecule has 0 aliphatic heterocycles. The molecule has 0 saturated heterocycles. The number of allylic oxidation sites excluding steroid dienone is 1. The van der Waals surface area contributed by atoms with Crippen molar-refractivity contribution in [3.05, 3.63) is 76.6 Å². The van der Waals surface area contributed by atoms with Crippen molar-refractivity contribution in [3.63, 3.8) is 0 Å². The van der Waals surface area contributed by atoms with Gasteiger partial charge in [-0.3, -0.25) is 0 Å². The van der Waals surface area contributed by atoms with E-state index in [1.165, 1.54) is 12.1 Å². The normalized spacial score (nSPS) is 11.3. The third kappa shape index (κ3) is 5.22. The molecular formula is C19H18ClFO2. The zero-order chi connectivity index (χ0) is 16.7. The molecule has 0 atom stereocenters. The number of carbonyl (C=O) groups is 1. The molecule has 2 aromatic rings. The molecule has 2 rings (SSSR count). The van der Waals surface area contributed by atoms with E-state index in [-0.39, 0.29) is 12.4 Å². The number of benzene rings is 2. The van der Waals surface area contributed by atoms with Gasteiger partial charge in [-0.1, -0.05) is 41.9 Å². The van der Waals surface area contributed by atoms with Crippen LogP contribution in [0.25, 0.3) is 5.57 Å². The van der Waals surface area contributed by atoms with E-state index >= 15 is 0 Å². The molecule has 0 heterocycles. The van der Waals surface area contributed by atoms with Gasteiger partial charge in [-0.2, -0.15) is 0 Å². The molecule has 0 amide bonds. The highest BCUT2D eigenvalue weighted by atomic mass is 35.5. The number of hydrogen-bond donors (Lipinski definition) is 0. The molecule has 0 aliphatic carbocycles. The summed E-state index contributed by atoms with van der Waals surface area (Å²) in [7, 11) is 0. The molecule has 120 valence electrons. The van der Waals surface area contributed by atoms with Gasteiger partial charge in [0.05, 0.1) is 6.61 Å². The topological polar surface area (TPSA) is 26.3 Å². The van der Waals surface area contributed by atoms with Crippen LogP contribution in [0, 0.1) is 5.82 Å². The molecular weight excluding hydrogens is 315 g/mol. The third-order valence-electron chi connectivity index (χ3n) is 3.39. The SMILES string of the molecule is CCOC(=O)C=C(CCc1ccc(Cl)cc1)c1ccccc1F. The average Bonchev–Trinajstić information content (AvgIpc) is 2.54. The summed E-state index contributed by atoms with van der Waals surface area (Å²) in [6, 6.07) is 13.9. The lowest BCUT2D eigenvalue weighted by Gasteiger charge is -2.09. The summed E-state index contributed by atoms with van der Waals surface area (Å²) in [5.41, 5.74) is 2.12. The number of esters is 1. The first-order valence-corrected chi connectivity index (χ1v) is 7.84. The zero-order valence-corrected chi connectivity index (χ0v) is 13.6. The second-order valence-electron chi connectivity index (χ2n) is 5.03. The molecule has 0 N–H and O–H groups in total. The Labute approximate surface area is 140 Å². The fraction of sp³-hybridized carbons (Fsp3) is 0.211. The maximum absolute atomic E-state index is 14.0. The highest BCUT2D eigenvalue weighted by Crippen LogP contribution is 2.24. The van der Waals surface area contributed by atoms with Crippen molar-refractivity contribution in [1.29, 1.82) is 0 Å². The standard InChI is InChI=1S/C19H18ClFO2/c1-2-23-19(22)13-15(17-5-3-4-6-18(17)21)10-7-14-8-11-16(20)12-9-14/h3-6,8-9,11-13H,2,7,10H2,1H3. The van der Waals surface area contributed by atoms with Gasteiger partial charge < -0.3 is 4.74 Å². The van der Waals surface area contributed by atoms with Crippen LogP contribution in [0.3, 0.4) is 0 Å². The number of hydrogen-bond acceptors (Lipinski definition) is 2. The summed E-state index contributed by atoms with van der Waals surface area (Å²) in [6.45, 7) is 2.03. The van der Waals surface area contributed by atoms with Crippen LogP contribution in [0.5, 0.6) is 0 Å². The Balaban J connectivity index is 2.21. The summed E-state index contributed by atoms with van der Waals surface area (Å²) in [6.07, 6.45) is 2.58. The third-order valence-corrected chi connectivity index (χ3v) is 3.65. The van der Waals surface area contributed by atoms with Crippen molar-refractivity contribution in [2.24, 2.45) is 0 Å². The van der Waals surface area contributed by atoms with Gasteiger partial charge in [0.1, 0.15) is 5.82 Å². The molecule has 2 nitrogen and oxygen atoms in total. The van der Waals surface area contributed by atoms with Crippen molar-refractivity contribution >= 4 is 23.1 Å². The van der Waals surface area contributed by atoms with E-state index in [2.05, 4.69) is 0 Å². The Bertz CT molecular complexity index is 693. The van der Waals surface area contributed by atoms with Crippen LogP contribution in [-0.2, 0) is 16.0 Å². The number of rotatable bonds is 6. The van der Waals surface area contributed by atoms with E-state index in [1.54, 1.807) is 25.1 Å².